The minimum absolute atomic E-state index is 0.0413. The Bertz CT molecular complexity index is 1420. The van der Waals surface area contributed by atoms with Crippen molar-refractivity contribution in [3.05, 3.63) is 78.0 Å². The molecule has 0 amide bonds. The molecule has 0 aliphatic carbocycles. The highest BCUT2D eigenvalue weighted by molar-refractivity contribution is 9.10. The van der Waals surface area contributed by atoms with Crippen molar-refractivity contribution >= 4 is 50.5 Å². The Hall–Kier alpha value is -2.84. The first-order valence-corrected chi connectivity index (χ1v) is 11.1. The number of imidazole rings is 1. The third-order valence-corrected chi connectivity index (χ3v) is 6.14. The monoisotopic (exact) mass is 501 g/mol. The van der Waals surface area contributed by atoms with Crippen LogP contribution in [0.3, 0.4) is 0 Å². The number of aliphatic imine (C=N–C) groups is 1. The maximum atomic E-state index is 12.9. The Morgan fingerprint density at radius 2 is 1.68 bits per heavy atom. The number of aryl methyl sites for hydroxylation is 3. The normalized spacial score (nSPS) is 11.8. The molecule has 7 nitrogen and oxygen atoms in total. The summed E-state index contributed by atoms with van der Waals surface area (Å²) in [5.74, 6) is 0. The summed E-state index contributed by atoms with van der Waals surface area (Å²) in [6.07, 6.45) is 1.55. The fraction of sp³-hybridized carbons (Fsp3) is 0.227. The van der Waals surface area contributed by atoms with Crippen molar-refractivity contribution < 1.29 is 0 Å². The molecule has 2 aromatic carbocycles. The van der Waals surface area contributed by atoms with Crippen LogP contribution < -0.4 is 11.2 Å². The van der Waals surface area contributed by atoms with Crippen LogP contribution in [0.4, 0.5) is 5.69 Å². The zero-order valence-electron chi connectivity index (χ0n) is 17.3. The third kappa shape index (κ3) is 3.70. The van der Waals surface area contributed by atoms with Crippen molar-refractivity contribution in [3.8, 4) is 5.69 Å². The van der Waals surface area contributed by atoms with Gasteiger partial charge in [0.05, 0.1) is 28.0 Å². The first-order valence-electron chi connectivity index (χ1n) is 9.89. The van der Waals surface area contributed by atoms with Crippen LogP contribution in [0.15, 0.2) is 55.5 Å². The van der Waals surface area contributed by atoms with Crippen LogP contribution in [0.5, 0.6) is 0 Å². The van der Waals surface area contributed by atoms with Crippen molar-refractivity contribution in [2.75, 3.05) is 0 Å². The summed E-state index contributed by atoms with van der Waals surface area (Å²) < 4.78 is 5.66. The van der Waals surface area contributed by atoms with E-state index in [2.05, 4.69) is 26.0 Å². The summed E-state index contributed by atoms with van der Waals surface area (Å²) >= 11 is 9.50. The number of aromatic nitrogens is 4. The molecule has 0 radical (unpaired) electrons. The Balaban J connectivity index is 1.79. The van der Waals surface area contributed by atoms with Crippen molar-refractivity contribution in [1.29, 1.82) is 0 Å². The van der Waals surface area contributed by atoms with E-state index in [1.54, 1.807) is 39.6 Å². The molecule has 4 rings (SSSR count). The average molecular weight is 503 g/mol. The second-order valence-corrected chi connectivity index (χ2v) is 8.38. The van der Waals surface area contributed by atoms with Crippen LogP contribution in [0.25, 0.3) is 16.7 Å². The molecule has 0 aliphatic heterocycles. The van der Waals surface area contributed by atoms with Crippen molar-refractivity contribution in [3.63, 3.8) is 0 Å². The van der Waals surface area contributed by atoms with Gasteiger partial charge in [0.2, 0.25) is 0 Å². The van der Waals surface area contributed by atoms with Crippen LogP contribution in [0, 0.1) is 6.92 Å². The van der Waals surface area contributed by atoms with Gasteiger partial charge in [-0.1, -0.05) is 11.6 Å². The fourth-order valence-electron chi connectivity index (χ4n) is 3.65. The number of nitrogens with one attached hydrogen (secondary N) is 1. The second-order valence-electron chi connectivity index (χ2n) is 7.09. The number of fused-ring (bicyclic) bond motifs is 1. The van der Waals surface area contributed by atoms with E-state index in [-0.39, 0.29) is 11.2 Å². The molecule has 31 heavy (non-hydrogen) atoms. The molecule has 0 spiro atoms. The minimum atomic E-state index is -0.205. The highest BCUT2D eigenvalue weighted by Gasteiger charge is 2.15. The largest absolute Gasteiger partial charge is 0.329 e. The molecule has 0 bridgehead atoms. The molecule has 0 unspecified atom stereocenters. The SMILES string of the molecule is CCn1c(=O)n(CC)c2cc(N=Cc3c(C)[nH]n(-c4ccc(Cl)cc4)c3=O)c(Br)cc21. The van der Waals surface area contributed by atoms with Gasteiger partial charge in [-0.15, -0.1) is 0 Å². The standard InChI is InChI=1S/C22H21BrClN5O2/c1-4-27-19-10-17(23)18(11-20(19)28(5-2)22(27)31)25-12-16-13(3)26-29(21(16)30)15-8-6-14(24)7-9-15/h6-12,26H,4-5H2,1-3H3. The molecule has 0 aliphatic rings. The lowest BCUT2D eigenvalue weighted by molar-refractivity contribution is 0.671. The van der Waals surface area contributed by atoms with E-state index in [1.165, 1.54) is 4.68 Å². The second kappa shape index (κ2) is 8.36. The van der Waals surface area contributed by atoms with E-state index in [1.807, 2.05) is 32.9 Å². The lowest BCUT2D eigenvalue weighted by Crippen LogP contribution is -2.22. The number of nitrogens with zero attached hydrogens (tertiary/aromatic N) is 4. The molecule has 160 valence electrons. The van der Waals surface area contributed by atoms with E-state index in [0.717, 1.165) is 15.5 Å². The zero-order valence-corrected chi connectivity index (χ0v) is 19.7. The molecule has 0 saturated heterocycles. The van der Waals surface area contributed by atoms with Crippen LogP contribution in [-0.4, -0.2) is 25.1 Å². The molecular weight excluding hydrogens is 482 g/mol. The summed E-state index contributed by atoms with van der Waals surface area (Å²) in [6.45, 7) is 6.86. The first-order chi connectivity index (χ1) is 14.8. The number of H-pyrrole nitrogens is 1. The van der Waals surface area contributed by atoms with Gasteiger partial charge in [-0.05, 0) is 73.1 Å². The maximum absolute atomic E-state index is 12.9. The zero-order chi connectivity index (χ0) is 22.3. The average Bonchev–Trinajstić information content (AvgIpc) is 3.18. The molecule has 0 saturated carbocycles. The summed E-state index contributed by atoms with van der Waals surface area (Å²) in [7, 11) is 0. The summed E-state index contributed by atoms with van der Waals surface area (Å²) in [5.41, 5.74) is 3.90. The number of benzene rings is 2. The number of hydrogen-bond donors (Lipinski definition) is 1. The van der Waals surface area contributed by atoms with Crippen LogP contribution >= 0.6 is 27.5 Å². The van der Waals surface area contributed by atoms with Crippen LogP contribution in [-0.2, 0) is 13.1 Å². The van der Waals surface area contributed by atoms with Gasteiger partial charge >= 0.3 is 5.69 Å². The van der Waals surface area contributed by atoms with Gasteiger partial charge in [0, 0.05) is 34.5 Å². The minimum Gasteiger partial charge on any atom is -0.295 e. The molecule has 2 heterocycles. The molecular formula is C22H21BrClN5O2. The summed E-state index contributed by atoms with van der Waals surface area (Å²) in [6, 6.07) is 10.8. The van der Waals surface area contributed by atoms with Gasteiger partial charge in [-0.2, -0.15) is 0 Å². The van der Waals surface area contributed by atoms with Gasteiger partial charge in [0.1, 0.15) is 0 Å². The van der Waals surface area contributed by atoms with Crippen LogP contribution in [0.1, 0.15) is 25.1 Å². The van der Waals surface area contributed by atoms with Gasteiger partial charge in [0.15, 0.2) is 0 Å². The van der Waals surface area contributed by atoms with Gasteiger partial charge in [0.25, 0.3) is 5.56 Å². The Morgan fingerprint density at radius 3 is 2.29 bits per heavy atom. The number of halogens is 2. The van der Waals surface area contributed by atoms with E-state index < -0.39 is 0 Å². The molecule has 0 fully saturated rings. The Labute approximate surface area is 191 Å². The lowest BCUT2D eigenvalue weighted by atomic mass is 10.2. The predicted molar refractivity (Wildman–Crippen MR) is 129 cm³/mol. The van der Waals surface area contributed by atoms with Crippen molar-refractivity contribution in [1.82, 2.24) is 18.9 Å². The number of rotatable bonds is 5. The third-order valence-electron chi connectivity index (χ3n) is 5.25. The summed E-state index contributed by atoms with van der Waals surface area (Å²) in [5, 5.41) is 3.68. The highest BCUT2D eigenvalue weighted by atomic mass is 79.9. The van der Waals surface area contributed by atoms with Gasteiger partial charge < -0.3 is 0 Å². The van der Waals surface area contributed by atoms with E-state index >= 15 is 0 Å². The number of hydrogen-bond acceptors (Lipinski definition) is 3. The molecule has 0 atom stereocenters. The van der Waals surface area contributed by atoms with E-state index in [0.29, 0.717) is 40.7 Å². The molecule has 4 aromatic rings. The van der Waals surface area contributed by atoms with E-state index in [9.17, 15) is 9.59 Å². The van der Waals surface area contributed by atoms with Gasteiger partial charge in [-0.3, -0.25) is 24.0 Å². The van der Waals surface area contributed by atoms with Crippen molar-refractivity contribution in [2.24, 2.45) is 4.99 Å². The smallest absolute Gasteiger partial charge is 0.295 e. The maximum Gasteiger partial charge on any atom is 0.329 e. The molecule has 9 heteroatoms. The van der Waals surface area contributed by atoms with Gasteiger partial charge in [-0.25, -0.2) is 9.48 Å². The highest BCUT2D eigenvalue weighted by Crippen LogP contribution is 2.30. The predicted octanol–water partition coefficient (Wildman–Crippen LogP) is 4.80. The molecule has 1 N–H and O–H groups in total. The quantitative estimate of drug-likeness (QED) is 0.398. The summed E-state index contributed by atoms with van der Waals surface area (Å²) in [4.78, 5) is 30.1. The Kier molecular flexibility index (Phi) is 5.77. The number of aromatic amines is 1. The lowest BCUT2D eigenvalue weighted by Gasteiger charge is -2.03. The Morgan fingerprint density at radius 1 is 1.06 bits per heavy atom. The topological polar surface area (TPSA) is 77.1 Å². The first kappa shape index (κ1) is 21.4. The fourth-order valence-corrected chi connectivity index (χ4v) is 4.21. The van der Waals surface area contributed by atoms with E-state index in [4.69, 9.17) is 11.6 Å². The van der Waals surface area contributed by atoms with Crippen LogP contribution in [0.2, 0.25) is 5.02 Å². The molecule has 2 aromatic heterocycles. The van der Waals surface area contributed by atoms with Crippen molar-refractivity contribution in [2.45, 2.75) is 33.9 Å².